The first-order chi connectivity index (χ1) is 8.70. The van der Waals surface area contributed by atoms with Crippen LogP contribution in [0.5, 0.6) is 0 Å². The van der Waals surface area contributed by atoms with E-state index in [1.165, 1.54) is 0 Å². The lowest BCUT2D eigenvalue weighted by atomic mass is 10.2. The Morgan fingerprint density at radius 1 is 1.39 bits per heavy atom. The van der Waals surface area contributed by atoms with Crippen molar-refractivity contribution in [2.75, 3.05) is 18.5 Å². The van der Waals surface area contributed by atoms with Crippen molar-refractivity contribution in [3.8, 4) is 11.5 Å². The Bertz CT molecular complexity index is 535. The van der Waals surface area contributed by atoms with Gasteiger partial charge < -0.3 is 20.7 Å². The number of anilines is 1. The normalized spacial score (nSPS) is 10.3. The fourth-order valence-electron chi connectivity index (χ4n) is 1.37. The highest BCUT2D eigenvalue weighted by molar-refractivity contribution is 5.89. The first kappa shape index (κ1) is 12.1. The molecule has 1 heterocycles. The van der Waals surface area contributed by atoms with E-state index in [4.69, 9.17) is 15.4 Å². The molecule has 0 saturated carbocycles. The smallest absolute Gasteiger partial charge is 0.290 e. The van der Waals surface area contributed by atoms with Gasteiger partial charge in [-0.05, 0) is 24.3 Å². The number of aromatic nitrogens is 2. The van der Waals surface area contributed by atoms with Gasteiger partial charge in [-0.15, -0.1) is 0 Å². The number of nitrogens with one attached hydrogen (secondary N) is 1. The van der Waals surface area contributed by atoms with Crippen molar-refractivity contribution in [1.29, 1.82) is 0 Å². The lowest BCUT2D eigenvalue weighted by molar-refractivity contribution is 0.0987. The maximum Gasteiger partial charge on any atom is 0.290 e. The van der Waals surface area contributed by atoms with E-state index in [9.17, 15) is 4.79 Å². The molecule has 1 amide bonds. The van der Waals surface area contributed by atoms with Gasteiger partial charge in [0, 0.05) is 17.8 Å². The topological polar surface area (TPSA) is 114 Å². The molecule has 2 aromatic rings. The molecule has 0 aliphatic rings. The molecule has 0 aliphatic carbocycles. The number of hydrogen-bond donors (Lipinski definition) is 3. The number of rotatable bonds is 5. The van der Waals surface area contributed by atoms with Crippen LogP contribution < -0.4 is 11.1 Å². The number of nitrogens with two attached hydrogens (primary N) is 1. The number of hydrogen-bond acceptors (Lipinski definition) is 6. The zero-order chi connectivity index (χ0) is 13.0. The van der Waals surface area contributed by atoms with Gasteiger partial charge in [0.15, 0.2) is 0 Å². The average Bonchev–Trinajstić information content (AvgIpc) is 2.87. The predicted molar refractivity (Wildman–Crippen MR) is 63.8 cm³/mol. The third-order valence-electron chi connectivity index (χ3n) is 2.22. The van der Waals surface area contributed by atoms with Crippen LogP contribution >= 0.6 is 0 Å². The molecule has 7 heteroatoms. The Balaban J connectivity index is 2.15. The van der Waals surface area contributed by atoms with Crippen molar-refractivity contribution in [2.24, 2.45) is 5.73 Å². The van der Waals surface area contributed by atoms with Crippen molar-refractivity contribution >= 4 is 11.6 Å². The number of nitrogens with zero attached hydrogens (tertiary/aromatic N) is 2. The molecule has 2 rings (SSSR count). The van der Waals surface area contributed by atoms with Crippen LogP contribution in [0.1, 0.15) is 10.6 Å². The largest absolute Gasteiger partial charge is 0.395 e. The molecule has 7 nitrogen and oxygen atoms in total. The zero-order valence-corrected chi connectivity index (χ0v) is 9.46. The highest BCUT2D eigenvalue weighted by atomic mass is 16.5. The first-order valence-electron chi connectivity index (χ1n) is 5.29. The van der Waals surface area contributed by atoms with E-state index in [2.05, 4.69) is 15.5 Å². The summed E-state index contributed by atoms with van der Waals surface area (Å²) in [7, 11) is 0. The Kier molecular flexibility index (Phi) is 3.54. The van der Waals surface area contributed by atoms with Gasteiger partial charge in [0.1, 0.15) is 0 Å². The summed E-state index contributed by atoms with van der Waals surface area (Å²) in [5, 5.41) is 15.1. The summed E-state index contributed by atoms with van der Waals surface area (Å²) >= 11 is 0. The predicted octanol–water partition coefficient (Wildman–Crippen LogP) is 0.240. The molecule has 1 aromatic carbocycles. The number of primary amides is 1. The van der Waals surface area contributed by atoms with Crippen molar-refractivity contribution in [2.45, 2.75) is 0 Å². The highest BCUT2D eigenvalue weighted by Crippen LogP contribution is 2.19. The van der Waals surface area contributed by atoms with Crippen molar-refractivity contribution < 1.29 is 14.4 Å². The van der Waals surface area contributed by atoms with Crippen molar-refractivity contribution in [1.82, 2.24) is 10.1 Å². The Labute approximate surface area is 103 Å². The fraction of sp³-hybridized carbons (Fsp3) is 0.182. The Morgan fingerprint density at radius 2 is 2.11 bits per heavy atom. The summed E-state index contributed by atoms with van der Waals surface area (Å²) in [4.78, 5) is 14.7. The molecule has 0 aliphatic heterocycles. The van der Waals surface area contributed by atoms with Crippen LogP contribution in [0, 0.1) is 0 Å². The number of amides is 1. The third-order valence-corrected chi connectivity index (χ3v) is 2.22. The van der Waals surface area contributed by atoms with Crippen LogP contribution in [-0.4, -0.2) is 34.3 Å². The summed E-state index contributed by atoms with van der Waals surface area (Å²) in [6.45, 7) is 0.541. The molecule has 0 radical (unpaired) electrons. The number of aliphatic hydroxyl groups is 1. The summed E-state index contributed by atoms with van der Waals surface area (Å²) in [6, 6.07) is 7.13. The zero-order valence-electron chi connectivity index (χ0n) is 9.46. The second-order valence-corrected chi connectivity index (χ2v) is 3.52. The second kappa shape index (κ2) is 5.28. The minimum absolute atomic E-state index is 0.0629. The average molecular weight is 248 g/mol. The molecular weight excluding hydrogens is 236 g/mol. The highest BCUT2D eigenvalue weighted by Gasteiger charge is 2.12. The molecule has 0 bridgehead atoms. The SMILES string of the molecule is NC(=O)c1noc(-c2ccc(NCCO)cc2)n1. The van der Waals surface area contributed by atoms with Crippen LogP contribution in [0.2, 0.25) is 0 Å². The molecule has 94 valence electrons. The van der Waals surface area contributed by atoms with E-state index < -0.39 is 5.91 Å². The maximum atomic E-state index is 10.8. The maximum absolute atomic E-state index is 10.8. The number of benzene rings is 1. The van der Waals surface area contributed by atoms with Gasteiger partial charge in [0.05, 0.1) is 6.61 Å². The number of aliphatic hydroxyl groups excluding tert-OH is 1. The molecule has 0 saturated heterocycles. The first-order valence-corrected chi connectivity index (χ1v) is 5.29. The molecule has 1 aromatic heterocycles. The monoisotopic (exact) mass is 248 g/mol. The van der Waals surface area contributed by atoms with E-state index >= 15 is 0 Å². The number of carbonyl (C=O) groups excluding carboxylic acids is 1. The van der Waals surface area contributed by atoms with Gasteiger partial charge >= 0.3 is 0 Å². The van der Waals surface area contributed by atoms with Crippen LogP contribution in [0.3, 0.4) is 0 Å². The van der Waals surface area contributed by atoms with Crippen LogP contribution in [0.4, 0.5) is 5.69 Å². The van der Waals surface area contributed by atoms with Gasteiger partial charge in [0.25, 0.3) is 17.6 Å². The molecule has 0 spiro atoms. The quantitative estimate of drug-likeness (QED) is 0.698. The fourth-order valence-corrected chi connectivity index (χ4v) is 1.37. The van der Waals surface area contributed by atoms with Crippen LogP contribution in [0.25, 0.3) is 11.5 Å². The molecule has 18 heavy (non-hydrogen) atoms. The van der Waals surface area contributed by atoms with Gasteiger partial charge in [0.2, 0.25) is 0 Å². The van der Waals surface area contributed by atoms with Crippen LogP contribution in [0.15, 0.2) is 28.8 Å². The van der Waals surface area contributed by atoms with E-state index in [0.717, 1.165) is 5.69 Å². The van der Waals surface area contributed by atoms with E-state index in [0.29, 0.717) is 12.1 Å². The van der Waals surface area contributed by atoms with Crippen LogP contribution in [-0.2, 0) is 0 Å². The third kappa shape index (κ3) is 2.64. The van der Waals surface area contributed by atoms with E-state index in [1.54, 1.807) is 24.3 Å². The lowest BCUT2D eigenvalue weighted by Gasteiger charge is -2.03. The standard InChI is InChI=1S/C11H12N4O3/c12-9(17)10-14-11(18-15-10)7-1-3-8(4-2-7)13-5-6-16/h1-4,13,16H,5-6H2,(H2,12,17). The van der Waals surface area contributed by atoms with Crippen molar-refractivity contribution in [3.05, 3.63) is 30.1 Å². The summed E-state index contributed by atoms with van der Waals surface area (Å²) in [5.74, 6) is -0.642. The van der Waals surface area contributed by atoms with E-state index in [-0.39, 0.29) is 18.3 Å². The Morgan fingerprint density at radius 3 is 2.67 bits per heavy atom. The minimum atomic E-state index is -0.730. The summed E-state index contributed by atoms with van der Waals surface area (Å²) in [5.41, 5.74) is 6.57. The molecule has 0 unspecified atom stereocenters. The van der Waals surface area contributed by atoms with Gasteiger partial charge in [-0.25, -0.2) is 0 Å². The summed E-state index contributed by atoms with van der Waals surface area (Å²) in [6.07, 6.45) is 0. The molecule has 4 N–H and O–H groups in total. The van der Waals surface area contributed by atoms with Gasteiger partial charge in [-0.3, -0.25) is 4.79 Å². The second-order valence-electron chi connectivity index (χ2n) is 3.52. The van der Waals surface area contributed by atoms with E-state index in [1.807, 2.05) is 0 Å². The number of carbonyl (C=O) groups is 1. The minimum Gasteiger partial charge on any atom is -0.395 e. The molecular formula is C11H12N4O3. The van der Waals surface area contributed by atoms with Gasteiger partial charge in [-0.1, -0.05) is 5.16 Å². The molecule has 0 fully saturated rings. The molecule has 0 atom stereocenters. The Hall–Kier alpha value is -2.41. The lowest BCUT2D eigenvalue weighted by Crippen LogP contribution is -2.12. The van der Waals surface area contributed by atoms with Crippen molar-refractivity contribution in [3.63, 3.8) is 0 Å². The summed E-state index contributed by atoms with van der Waals surface area (Å²) < 4.78 is 4.91. The van der Waals surface area contributed by atoms with Gasteiger partial charge in [-0.2, -0.15) is 4.98 Å².